The molecule has 0 radical (unpaired) electrons. The number of aliphatic imine (C=N–C) groups is 1. The lowest BCUT2D eigenvalue weighted by Crippen LogP contribution is -2.45. The smallest absolute Gasteiger partial charge is 0.191 e. The molecule has 0 aliphatic heterocycles. The number of aryl methyl sites for hydroxylation is 3. The van der Waals surface area contributed by atoms with Crippen molar-refractivity contribution < 1.29 is 0 Å². The molecular formula is C17H31N5. The summed E-state index contributed by atoms with van der Waals surface area (Å²) in [7, 11) is 1.85. The van der Waals surface area contributed by atoms with Crippen molar-refractivity contribution in [3.05, 3.63) is 17.5 Å². The summed E-state index contributed by atoms with van der Waals surface area (Å²) in [5.41, 5.74) is 2.32. The van der Waals surface area contributed by atoms with Crippen LogP contribution >= 0.6 is 0 Å². The molecule has 5 heteroatoms. The van der Waals surface area contributed by atoms with Gasteiger partial charge in [-0.2, -0.15) is 5.10 Å². The second-order valence-electron chi connectivity index (χ2n) is 6.60. The van der Waals surface area contributed by atoms with Gasteiger partial charge in [-0.15, -0.1) is 0 Å². The lowest BCUT2D eigenvalue weighted by molar-refractivity contribution is 0.329. The van der Waals surface area contributed by atoms with Gasteiger partial charge in [0.25, 0.3) is 0 Å². The molecule has 5 nitrogen and oxygen atoms in total. The van der Waals surface area contributed by atoms with Gasteiger partial charge in [-0.1, -0.05) is 6.92 Å². The molecule has 22 heavy (non-hydrogen) atoms. The van der Waals surface area contributed by atoms with Crippen LogP contribution in [-0.2, 0) is 6.54 Å². The third-order valence-corrected chi connectivity index (χ3v) is 4.52. The van der Waals surface area contributed by atoms with Crippen molar-refractivity contribution in [3.8, 4) is 0 Å². The summed E-state index contributed by atoms with van der Waals surface area (Å²) < 4.78 is 2.08. The van der Waals surface area contributed by atoms with Crippen LogP contribution in [0.1, 0.15) is 50.4 Å². The molecule has 124 valence electrons. The minimum Gasteiger partial charge on any atom is -0.356 e. The van der Waals surface area contributed by atoms with Gasteiger partial charge in [-0.05, 0) is 57.9 Å². The Morgan fingerprint density at radius 2 is 2.05 bits per heavy atom. The fraction of sp³-hybridized carbons (Fsp3) is 0.765. The van der Waals surface area contributed by atoms with Gasteiger partial charge in [0.1, 0.15) is 0 Å². The Kier molecular flexibility index (Phi) is 6.28. The molecule has 0 aromatic carbocycles. The maximum atomic E-state index is 4.49. The second-order valence-corrected chi connectivity index (χ2v) is 6.60. The number of aromatic nitrogens is 2. The highest BCUT2D eigenvalue weighted by molar-refractivity contribution is 5.79. The van der Waals surface area contributed by atoms with Gasteiger partial charge in [-0.25, -0.2) is 0 Å². The molecule has 1 aromatic rings. The summed E-state index contributed by atoms with van der Waals surface area (Å²) in [6.07, 6.45) is 6.21. The van der Waals surface area contributed by atoms with Gasteiger partial charge in [0.2, 0.25) is 0 Å². The first kappa shape index (κ1) is 16.8. The summed E-state index contributed by atoms with van der Waals surface area (Å²) in [6.45, 7) is 8.37. The van der Waals surface area contributed by atoms with Crippen LogP contribution in [-0.4, -0.2) is 35.4 Å². The van der Waals surface area contributed by atoms with E-state index in [1.54, 1.807) is 0 Å². The van der Waals surface area contributed by atoms with Crippen LogP contribution in [0.3, 0.4) is 0 Å². The van der Waals surface area contributed by atoms with Gasteiger partial charge >= 0.3 is 0 Å². The minimum absolute atomic E-state index is 0.582. The van der Waals surface area contributed by atoms with Crippen molar-refractivity contribution in [2.75, 3.05) is 13.6 Å². The van der Waals surface area contributed by atoms with E-state index in [1.807, 2.05) is 14.0 Å². The molecule has 0 saturated heterocycles. The highest BCUT2D eigenvalue weighted by Gasteiger charge is 2.18. The molecule has 1 aliphatic carbocycles. The van der Waals surface area contributed by atoms with Crippen LogP contribution in [0.2, 0.25) is 0 Å². The van der Waals surface area contributed by atoms with Crippen LogP contribution in [0.4, 0.5) is 0 Å². The molecule has 2 N–H and O–H groups in total. The molecule has 1 aliphatic rings. The molecule has 0 bridgehead atoms. The Labute approximate surface area is 134 Å². The van der Waals surface area contributed by atoms with Crippen LogP contribution in [0.15, 0.2) is 11.1 Å². The van der Waals surface area contributed by atoms with Crippen molar-refractivity contribution >= 4 is 5.96 Å². The number of rotatable bonds is 5. The van der Waals surface area contributed by atoms with Crippen LogP contribution < -0.4 is 10.6 Å². The van der Waals surface area contributed by atoms with E-state index in [4.69, 9.17) is 0 Å². The third kappa shape index (κ3) is 5.04. The molecule has 0 spiro atoms. The Morgan fingerprint density at radius 3 is 2.64 bits per heavy atom. The van der Waals surface area contributed by atoms with Gasteiger partial charge in [0.15, 0.2) is 5.96 Å². The van der Waals surface area contributed by atoms with Gasteiger partial charge in [0, 0.05) is 31.9 Å². The molecule has 2 rings (SSSR count). The number of guanidine groups is 1. The molecule has 0 amide bonds. The van der Waals surface area contributed by atoms with E-state index < -0.39 is 0 Å². The monoisotopic (exact) mass is 305 g/mol. The summed E-state index contributed by atoms with van der Waals surface area (Å²) in [5, 5.41) is 11.5. The lowest BCUT2D eigenvalue weighted by atomic mass is 9.87. The maximum Gasteiger partial charge on any atom is 0.191 e. The Balaban J connectivity index is 1.67. The Hall–Kier alpha value is -1.52. The highest BCUT2D eigenvalue weighted by atomic mass is 15.3. The van der Waals surface area contributed by atoms with Gasteiger partial charge in [0.05, 0.1) is 5.69 Å². The van der Waals surface area contributed by atoms with Crippen molar-refractivity contribution in [2.45, 2.75) is 65.5 Å². The standard InChI is InChI=1S/C17H31N5/c1-13-6-8-16(9-7-13)20-17(18-4)19-10-5-11-22-15(3)12-14(2)21-22/h12-13,16H,5-11H2,1-4H3,(H2,18,19,20). The normalized spacial score (nSPS) is 22.6. The first-order chi connectivity index (χ1) is 10.6. The molecule has 0 unspecified atom stereocenters. The summed E-state index contributed by atoms with van der Waals surface area (Å²) in [4.78, 5) is 4.34. The van der Waals surface area contributed by atoms with E-state index in [-0.39, 0.29) is 0 Å². The van der Waals surface area contributed by atoms with Gasteiger partial charge < -0.3 is 10.6 Å². The summed E-state index contributed by atoms with van der Waals surface area (Å²) >= 11 is 0. The van der Waals surface area contributed by atoms with E-state index in [9.17, 15) is 0 Å². The zero-order valence-electron chi connectivity index (χ0n) is 14.5. The average Bonchev–Trinajstić information content (AvgIpc) is 2.82. The number of nitrogens with one attached hydrogen (secondary N) is 2. The SMILES string of the molecule is CN=C(NCCCn1nc(C)cc1C)NC1CCC(C)CC1. The van der Waals surface area contributed by atoms with Crippen LogP contribution in [0, 0.1) is 19.8 Å². The van der Waals surface area contributed by atoms with E-state index in [2.05, 4.69) is 45.3 Å². The average molecular weight is 305 g/mol. The van der Waals surface area contributed by atoms with E-state index >= 15 is 0 Å². The minimum atomic E-state index is 0.582. The zero-order valence-corrected chi connectivity index (χ0v) is 14.5. The largest absolute Gasteiger partial charge is 0.356 e. The lowest BCUT2D eigenvalue weighted by Gasteiger charge is -2.28. The maximum absolute atomic E-state index is 4.49. The van der Waals surface area contributed by atoms with Crippen molar-refractivity contribution in [1.82, 2.24) is 20.4 Å². The van der Waals surface area contributed by atoms with E-state index in [0.29, 0.717) is 6.04 Å². The number of hydrogen-bond donors (Lipinski definition) is 2. The number of hydrogen-bond acceptors (Lipinski definition) is 2. The fourth-order valence-electron chi connectivity index (χ4n) is 3.13. The fourth-order valence-corrected chi connectivity index (χ4v) is 3.13. The quantitative estimate of drug-likeness (QED) is 0.499. The van der Waals surface area contributed by atoms with Gasteiger partial charge in [-0.3, -0.25) is 9.67 Å². The van der Waals surface area contributed by atoms with Crippen molar-refractivity contribution in [1.29, 1.82) is 0 Å². The first-order valence-corrected chi connectivity index (χ1v) is 8.56. The molecule has 1 saturated carbocycles. The van der Waals surface area contributed by atoms with Crippen molar-refractivity contribution in [3.63, 3.8) is 0 Å². The molecule has 0 atom stereocenters. The Bertz CT molecular complexity index is 483. The Morgan fingerprint density at radius 1 is 1.32 bits per heavy atom. The zero-order chi connectivity index (χ0) is 15.9. The number of nitrogens with zero attached hydrogens (tertiary/aromatic N) is 3. The van der Waals surface area contributed by atoms with Crippen molar-refractivity contribution in [2.24, 2.45) is 10.9 Å². The van der Waals surface area contributed by atoms with E-state index in [1.165, 1.54) is 31.4 Å². The topological polar surface area (TPSA) is 54.2 Å². The highest BCUT2D eigenvalue weighted by Crippen LogP contribution is 2.23. The second kappa shape index (κ2) is 8.20. The molecule has 1 aromatic heterocycles. The molecule has 1 heterocycles. The predicted molar refractivity (Wildman–Crippen MR) is 92.2 cm³/mol. The molecular weight excluding hydrogens is 274 g/mol. The van der Waals surface area contributed by atoms with E-state index in [0.717, 1.165) is 37.1 Å². The molecule has 1 fully saturated rings. The summed E-state index contributed by atoms with van der Waals surface area (Å²) in [5.74, 6) is 1.82. The van der Waals surface area contributed by atoms with Crippen LogP contribution in [0.5, 0.6) is 0 Å². The third-order valence-electron chi connectivity index (χ3n) is 4.52. The first-order valence-electron chi connectivity index (χ1n) is 8.56. The summed E-state index contributed by atoms with van der Waals surface area (Å²) in [6, 6.07) is 2.70. The van der Waals surface area contributed by atoms with Crippen LogP contribution in [0.25, 0.3) is 0 Å². The predicted octanol–water partition coefficient (Wildman–Crippen LogP) is 2.63.